The summed E-state index contributed by atoms with van der Waals surface area (Å²) in [4.78, 5) is 11.4. The SMILES string of the molecule is COc1cc(C)cc2c1C(=O)CO2. The first-order chi connectivity index (χ1) is 6.22. The third-order valence-electron chi connectivity index (χ3n) is 2.07. The van der Waals surface area contributed by atoms with Gasteiger partial charge in [0.2, 0.25) is 5.78 Å². The molecular weight excluding hydrogens is 168 g/mol. The average Bonchev–Trinajstić information content (AvgIpc) is 2.46. The van der Waals surface area contributed by atoms with Crippen LogP contribution < -0.4 is 9.47 Å². The van der Waals surface area contributed by atoms with Gasteiger partial charge in [-0.25, -0.2) is 0 Å². The molecule has 13 heavy (non-hydrogen) atoms. The van der Waals surface area contributed by atoms with Crippen LogP contribution in [0.3, 0.4) is 0 Å². The van der Waals surface area contributed by atoms with Crippen molar-refractivity contribution in [2.75, 3.05) is 13.7 Å². The van der Waals surface area contributed by atoms with Crippen molar-refractivity contribution < 1.29 is 14.3 Å². The van der Waals surface area contributed by atoms with Gasteiger partial charge in [-0.3, -0.25) is 4.79 Å². The van der Waals surface area contributed by atoms with Gasteiger partial charge in [0, 0.05) is 0 Å². The van der Waals surface area contributed by atoms with E-state index in [9.17, 15) is 4.79 Å². The number of Topliss-reactive ketones (excluding diaryl/α,β-unsaturated/α-hetero) is 1. The molecule has 0 radical (unpaired) electrons. The van der Waals surface area contributed by atoms with Crippen LogP contribution in [0.1, 0.15) is 15.9 Å². The van der Waals surface area contributed by atoms with Crippen LogP contribution in [0.4, 0.5) is 0 Å². The number of fused-ring (bicyclic) bond motifs is 1. The van der Waals surface area contributed by atoms with Gasteiger partial charge in [-0.1, -0.05) is 0 Å². The smallest absolute Gasteiger partial charge is 0.207 e. The Bertz CT molecular complexity index is 369. The fourth-order valence-corrected chi connectivity index (χ4v) is 1.49. The summed E-state index contributed by atoms with van der Waals surface area (Å²) in [7, 11) is 1.56. The summed E-state index contributed by atoms with van der Waals surface area (Å²) >= 11 is 0. The topological polar surface area (TPSA) is 35.5 Å². The highest BCUT2D eigenvalue weighted by Gasteiger charge is 2.25. The highest BCUT2D eigenvalue weighted by molar-refractivity contribution is 6.04. The second-order valence-corrected chi connectivity index (χ2v) is 3.05. The van der Waals surface area contributed by atoms with E-state index in [4.69, 9.17) is 9.47 Å². The third-order valence-corrected chi connectivity index (χ3v) is 2.07. The summed E-state index contributed by atoms with van der Waals surface area (Å²) in [6, 6.07) is 3.69. The Labute approximate surface area is 76.3 Å². The molecule has 1 aliphatic rings. The first-order valence-corrected chi connectivity index (χ1v) is 4.07. The monoisotopic (exact) mass is 178 g/mol. The number of carbonyl (C=O) groups is 1. The van der Waals surface area contributed by atoms with Crippen LogP contribution >= 0.6 is 0 Å². The van der Waals surface area contributed by atoms with Crippen molar-refractivity contribution in [2.45, 2.75) is 6.92 Å². The van der Waals surface area contributed by atoms with Crippen molar-refractivity contribution in [3.63, 3.8) is 0 Å². The molecule has 1 heterocycles. The Morgan fingerprint density at radius 3 is 2.92 bits per heavy atom. The first kappa shape index (κ1) is 8.10. The van der Waals surface area contributed by atoms with Crippen LogP contribution in [0, 0.1) is 6.92 Å². The molecule has 0 fully saturated rings. The number of methoxy groups -OCH3 is 1. The summed E-state index contributed by atoms with van der Waals surface area (Å²) in [6.07, 6.45) is 0. The Morgan fingerprint density at radius 1 is 1.46 bits per heavy atom. The molecule has 1 aliphatic heterocycles. The van der Waals surface area contributed by atoms with Gasteiger partial charge in [0.05, 0.1) is 7.11 Å². The van der Waals surface area contributed by atoms with Crippen LogP contribution in [0.15, 0.2) is 12.1 Å². The normalized spacial score (nSPS) is 13.8. The maximum Gasteiger partial charge on any atom is 0.207 e. The van der Waals surface area contributed by atoms with E-state index in [-0.39, 0.29) is 12.4 Å². The molecule has 1 aromatic carbocycles. The molecule has 0 atom stereocenters. The van der Waals surface area contributed by atoms with Crippen LogP contribution in [0.2, 0.25) is 0 Å². The largest absolute Gasteiger partial charge is 0.496 e. The summed E-state index contributed by atoms with van der Waals surface area (Å²) in [6.45, 7) is 2.07. The Balaban J connectivity index is 2.64. The second kappa shape index (κ2) is 2.76. The lowest BCUT2D eigenvalue weighted by Gasteiger charge is -2.05. The highest BCUT2D eigenvalue weighted by Crippen LogP contribution is 2.34. The minimum atomic E-state index is -0.00755. The van der Waals surface area contributed by atoms with Gasteiger partial charge in [0.15, 0.2) is 6.61 Å². The predicted octanol–water partition coefficient (Wildman–Crippen LogP) is 1.58. The molecule has 0 saturated heterocycles. The number of benzene rings is 1. The zero-order valence-corrected chi connectivity index (χ0v) is 7.59. The van der Waals surface area contributed by atoms with Gasteiger partial charge in [-0.05, 0) is 24.6 Å². The molecule has 2 rings (SSSR count). The van der Waals surface area contributed by atoms with Crippen molar-refractivity contribution in [2.24, 2.45) is 0 Å². The quantitative estimate of drug-likeness (QED) is 0.655. The average molecular weight is 178 g/mol. The zero-order chi connectivity index (χ0) is 9.42. The Hall–Kier alpha value is -1.51. The predicted molar refractivity (Wildman–Crippen MR) is 47.6 cm³/mol. The number of ketones is 1. The first-order valence-electron chi connectivity index (χ1n) is 4.07. The number of carbonyl (C=O) groups excluding carboxylic acids is 1. The summed E-state index contributed by atoms with van der Waals surface area (Å²) < 4.78 is 10.3. The maximum absolute atomic E-state index is 11.4. The van der Waals surface area contributed by atoms with Crippen LogP contribution in [-0.2, 0) is 0 Å². The van der Waals surface area contributed by atoms with E-state index >= 15 is 0 Å². The van der Waals surface area contributed by atoms with Gasteiger partial charge in [0.25, 0.3) is 0 Å². The van der Waals surface area contributed by atoms with Gasteiger partial charge in [-0.2, -0.15) is 0 Å². The highest BCUT2D eigenvalue weighted by atomic mass is 16.5. The van der Waals surface area contributed by atoms with Gasteiger partial charge < -0.3 is 9.47 Å². The molecule has 0 bridgehead atoms. The van der Waals surface area contributed by atoms with E-state index in [1.54, 1.807) is 7.11 Å². The number of hydrogen-bond donors (Lipinski definition) is 0. The van der Waals surface area contributed by atoms with E-state index in [2.05, 4.69) is 0 Å². The van der Waals surface area contributed by atoms with Gasteiger partial charge >= 0.3 is 0 Å². The van der Waals surface area contributed by atoms with Gasteiger partial charge in [0.1, 0.15) is 17.1 Å². The molecule has 0 aromatic heterocycles. The molecule has 68 valence electrons. The van der Waals surface area contributed by atoms with E-state index in [0.29, 0.717) is 17.1 Å². The molecule has 1 aromatic rings. The van der Waals surface area contributed by atoms with Crippen molar-refractivity contribution in [3.05, 3.63) is 23.3 Å². The lowest BCUT2D eigenvalue weighted by molar-refractivity contribution is 0.0959. The van der Waals surface area contributed by atoms with E-state index in [1.165, 1.54) is 0 Å². The van der Waals surface area contributed by atoms with Crippen molar-refractivity contribution in [1.29, 1.82) is 0 Å². The van der Waals surface area contributed by atoms with Crippen LogP contribution in [0.5, 0.6) is 11.5 Å². The number of hydrogen-bond acceptors (Lipinski definition) is 3. The van der Waals surface area contributed by atoms with E-state index < -0.39 is 0 Å². The van der Waals surface area contributed by atoms with Crippen LogP contribution in [-0.4, -0.2) is 19.5 Å². The number of aryl methyl sites for hydroxylation is 1. The minimum Gasteiger partial charge on any atom is -0.496 e. The molecule has 0 amide bonds. The molecule has 0 spiro atoms. The van der Waals surface area contributed by atoms with E-state index in [0.717, 1.165) is 5.56 Å². The Morgan fingerprint density at radius 2 is 2.23 bits per heavy atom. The molecule has 0 unspecified atom stereocenters. The summed E-state index contributed by atoms with van der Waals surface area (Å²) in [5.74, 6) is 1.24. The molecule has 3 heteroatoms. The minimum absolute atomic E-state index is 0.00755. The molecule has 3 nitrogen and oxygen atoms in total. The second-order valence-electron chi connectivity index (χ2n) is 3.05. The number of rotatable bonds is 1. The van der Waals surface area contributed by atoms with Crippen LogP contribution in [0.25, 0.3) is 0 Å². The zero-order valence-electron chi connectivity index (χ0n) is 7.59. The lowest BCUT2D eigenvalue weighted by Crippen LogP contribution is -2.00. The number of ether oxygens (including phenoxy) is 2. The fraction of sp³-hybridized carbons (Fsp3) is 0.300. The maximum atomic E-state index is 11.4. The van der Waals surface area contributed by atoms with Gasteiger partial charge in [-0.15, -0.1) is 0 Å². The molecular formula is C10H10O3. The molecule has 0 N–H and O–H groups in total. The van der Waals surface area contributed by atoms with Crippen molar-refractivity contribution >= 4 is 5.78 Å². The molecule has 0 aliphatic carbocycles. The fourth-order valence-electron chi connectivity index (χ4n) is 1.49. The Kier molecular flexibility index (Phi) is 1.72. The lowest BCUT2D eigenvalue weighted by atomic mass is 10.1. The van der Waals surface area contributed by atoms with Crippen molar-refractivity contribution in [1.82, 2.24) is 0 Å². The standard InChI is InChI=1S/C10H10O3/c1-6-3-8(12-2)10-7(11)5-13-9(10)4-6/h3-4H,5H2,1-2H3. The third kappa shape index (κ3) is 1.16. The summed E-state index contributed by atoms with van der Waals surface area (Å²) in [5, 5.41) is 0. The van der Waals surface area contributed by atoms with Crippen molar-refractivity contribution in [3.8, 4) is 11.5 Å². The molecule has 0 saturated carbocycles. The van der Waals surface area contributed by atoms with E-state index in [1.807, 2.05) is 19.1 Å². The summed E-state index contributed by atoms with van der Waals surface area (Å²) in [5.41, 5.74) is 1.61.